The van der Waals surface area contributed by atoms with Gasteiger partial charge in [-0.3, -0.25) is 4.90 Å². The first kappa shape index (κ1) is 19.8. The first-order valence-corrected chi connectivity index (χ1v) is 10.9. The summed E-state index contributed by atoms with van der Waals surface area (Å²) in [4.78, 5) is 21.2. The Hall–Kier alpha value is -3.19. The predicted octanol–water partition coefficient (Wildman–Crippen LogP) is 3.21. The molecule has 0 spiro atoms. The third-order valence-corrected chi connectivity index (χ3v) is 6.26. The van der Waals surface area contributed by atoms with Crippen molar-refractivity contribution in [3.05, 3.63) is 71.1 Å². The highest BCUT2D eigenvalue weighted by molar-refractivity contribution is 5.74. The Morgan fingerprint density at radius 3 is 2.65 bits per heavy atom. The van der Waals surface area contributed by atoms with Gasteiger partial charge in [-0.15, -0.1) is 0 Å². The molecule has 1 aromatic heterocycles. The van der Waals surface area contributed by atoms with Crippen LogP contribution in [0.4, 0.5) is 4.79 Å². The zero-order valence-electron chi connectivity index (χ0n) is 17.8. The zero-order chi connectivity index (χ0) is 21.2. The summed E-state index contributed by atoms with van der Waals surface area (Å²) in [6.45, 7) is 6.35. The van der Waals surface area contributed by atoms with Gasteiger partial charge < -0.3 is 14.7 Å². The van der Waals surface area contributed by atoms with Gasteiger partial charge in [0.25, 0.3) is 0 Å². The van der Waals surface area contributed by atoms with E-state index in [4.69, 9.17) is 4.52 Å². The number of benzene rings is 2. The van der Waals surface area contributed by atoms with Gasteiger partial charge in [-0.1, -0.05) is 59.3 Å². The van der Waals surface area contributed by atoms with Crippen LogP contribution in [0.25, 0.3) is 11.4 Å². The minimum absolute atomic E-state index is 0.0310. The molecule has 3 aromatic rings. The molecule has 1 saturated heterocycles. The Morgan fingerprint density at radius 1 is 1.10 bits per heavy atom. The molecule has 160 valence electrons. The molecule has 1 aliphatic carbocycles. The van der Waals surface area contributed by atoms with Gasteiger partial charge in [0.2, 0.25) is 11.7 Å². The highest BCUT2D eigenvalue weighted by Gasteiger charge is 2.27. The predicted molar refractivity (Wildman–Crippen MR) is 118 cm³/mol. The second kappa shape index (κ2) is 8.51. The van der Waals surface area contributed by atoms with Crippen LogP contribution in [0.3, 0.4) is 0 Å². The Kier molecular flexibility index (Phi) is 5.42. The molecule has 2 heterocycles. The second-order valence-corrected chi connectivity index (χ2v) is 8.43. The van der Waals surface area contributed by atoms with Gasteiger partial charge in [-0.2, -0.15) is 4.98 Å². The van der Waals surface area contributed by atoms with E-state index in [0.29, 0.717) is 43.8 Å². The number of carbonyl (C=O) groups is 1. The van der Waals surface area contributed by atoms with Crippen LogP contribution in [0.1, 0.15) is 28.5 Å². The maximum absolute atomic E-state index is 12.6. The van der Waals surface area contributed by atoms with E-state index in [1.165, 1.54) is 16.7 Å². The molecule has 0 saturated carbocycles. The van der Waals surface area contributed by atoms with Crippen LogP contribution in [0.2, 0.25) is 0 Å². The molecule has 1 fully saturated rings. The maximum Gasteiger partial charge on any atom is 0.317 e. The summed E-state index contributed by atoms with van der Waals surface area (Å²) in [5.74, 6) is 1.67. The van der Waals surface area contributed by atoms with E-state index < -0.39 is 0 Å². The number of aryl methyl sites for hydroxylation is 1. The number of nitrogens with one attached hydrogen (secondary N) is 1. The summed E-state index contributed by atoms with van der Waals surface area (Å²) in [5, 5.41) is 7.22. The summed E-state index contributed by atoms with van der Waals surface area (Å²) in [7, 11) is 0. The highest BCUT2D eigenvalue weighted by Crippen LogP contribution is 2.34. The number of hydrogen-bond donors (Lipinski definition) is 1. The first-order chi connectivity index (χ1) is 15.2. The number of carbonyl (C=O) groups excluding carboxylic acids is 1. The van der Waals surface area contributed by atoms with E-state index in [-0.39, 0.29) is 6.03 Å². The van der Waals surface area contributed by atoms with Crippen molar-refractivity contribution in [2.75, 3.05) is 32.7 Å². The van der Waals surface area contributed by atoms with Crippen molar-refractivity contribution in [1.82, 2.24) is 25.3 Å². The summed E-state index contributed by atoms with van der Waals surface area (Å²) in [6.07, 6.45) is 1.05. The molecule has 1 aliphatic heterocycles. The second-order valence-electron chi connectivity index (χ2n) is 8.43. The number of urea groups is 1. The fraction of sp³-hybridized carbons (Fsp3) is 0.375. The molecule has 31 heavy (non-hydrogen) atoms. The number of piperazine rings is 1. The molecular weight excluding hydrogens is 390 g/mol. The summed E-state index contributed by atoms with van der Waals surface area (Å²) < 4.78 is 5.44. The number of nitrogens with zero attached hydrogens (tertiary/aromatic N) is 4. The fourth-order valence-electron chi connectivity index (χ4n) is 4.31. The summed E-state index contributed by atoms with van der Waals surface area (Å²) >= 11 is 0. The van der Waals surface area contributed by atoms with E-state index in [2.05, 4.69) is 51.5 Å². The van der Waals surface area contributed by atoms with Gasteiger partial charge >= 0.3 is 6.03 Å². The van der Waals surface area contributed by atoms with Crippen LogP contribution in [-0.2, 0) is 13.0 Å². The lowest BCUT2D eigenvalue weighted by atomic mass is 9.78. The average molecular weight is 418 g/mol. The minimum Gasteiger partial charge on any atom is -0.338 e. The molecule has 2 aromatic carbocycles. The zero-order valence-corrected chi connectivity index (χ0v) is 17.8. The Morgan fingerprint density at radius 2 is 1.87 bits per heavy atom. The van der Waals surface area contributed by atoms with Crippen LogP contribution in [-0.4, -0.2) is 58.7 Å². The van der Waals surface area contributed by atoms with E-state index >= 15 is 0 Å². The summed E-state index contributed by atoms with van der Waals surface area (Å²) in [6, 6.07) is 16.6. The van der Waals surface area contributed by atoms with Gasteiger partial charge in [0, 0.05) is 44.2 Å². The van der Waals surface area contributed by atoms with Crippen LogP contribution in [0.5, 0.6) is 0 Å². The molecule has 1 atom stereocenters. The quantitative estimate of drug-likeness (QED) is 0.690. The molecule has 2 aliphatic rings. The molecular formula is C24H27N5O2. The first-order valence-electron chi connectivity index (χ1n) is 10.9. The monoisotopic (exact) mass is 417 g/mol. The van der Waals surface area contributed by atoms with E-state index in [1.54, 1.807) is 0 Å². The van der Waals surface area contributed by atoms with Crippen molar-refractivity contribution in [2.24, 2.45) is 0 Å². The lowest BCUT2D eigenvalue weighted by Gasteiger charge is -2.35. The Balaban J connectivity index is 1.08. The standard InChI is InChI=1S/C24H27N5O2/c1-17-6-8-18(9-7-17)23-26-22(31-27-23)16-28-10-12-29(13-11-28)24(30)25-15-20-14-19-4-2-3-5-21(19)20/h2-9,20H,10-16H2,1H3,(H,25,30). The number of fused-ring (bicyclic) bond motifs is 1. The molecule has 2 amide bonds. The van der Waals surface area contributed by atoms with Gasteiger partial charge in [-0.05, 0) is 24.5 Å². The number of hydrogen-bond acceptors (Lipinski definition) is 5. The number of rotatable bonds is 5. The maximum atomic E-state index is 12.6. The van der Waals surface area contributed by atoms with Crippen molar-refractivity contribution < 1.29 is 9.32 Å². The SMILES string of the molecule is Cc1ccc(-c2noc(CN3CCN(C(=O)NCC4Cc5ccccc54)CC3)n2)cc1. The number of aromatic nitrogens is 2. The van der Waals surface area contributed by atoms with Crippen molar-refractivity contribution >= 4 is 6.03 Å². The number of amides is 2. The minimum atomic E-state index is 0.0310. The largest absolute Gasteiger partial charge is 0.338 e. The van der Waals surface area contributed by atoms with Crippen molar-refractivity contribution in [1.29, 1.82) is 0 Å². The van der Waals surface area contributed by atoms with E-state index in [0.717, 1.165) is 25.1 Å². The van der Waals surface area contributed by atoms with Crippen LogP contribution in [0.15, 0.2) is 53.1 Å². The van der Waals surface area contributed by atoms with Crippen molar-refractivity contribution in [2.45, 2.75) is 25.8 Å². The lowest BCUT2D eigenvalue weighted by Crippen LogP contribution is -2.52. The van der Waals surface area contributed by atoms with Crippen LogP contribution >= 0.6 is 0 Å². The summed E-state index contributed by atoms with van der Waals surface area (Å²) in [5.41, 5.74) is 4.93. The normalized spacial score (nSPS) is 18.4. The molecule has 7 heteroatoms. The molecule has 1 N–H and O–H groups in total. The Labute approximate surface area is 182 Å². The molecule has 0 bridgehead atoms. The Bertz CT molecular complexity index is 1050. The van der Waals surface area contributed by atoms with Gasteiger partial charge in [0.15, 0.2) is 0 Å². The van der Waals surface area contributed by atoms with E-state index in [9.17, 15) is 4.79 Å². The van der Waals surface area contributed by atoms with E-state index in [1.807, 2.05) is 29.2 Å². The van der Waals surface area contributed by atoms with Crippen molar-refractivity contribution in [3.8, 4) is 11.4 Å². The van der Waals surface area contributed by atoms with Gasteiger partial charge in [-0.25, -0.2) is 4.79 Å². The molecule has 5 rings (SSSR count). The van der Waals surface area contributed by atoms with Crippen LogP contribution in [0, 0.1) is 6.92 Å². The van der Waals surface area contributed by atoms with Gasteiger partial charge in [0.1, 0.15) is 0 Å². The van der Waals surface area contributed by atoms with Gasteiger partial charge in [0.05, 0.1) is 6.54 Å². The molecule has 0 radical (unpaired) electrons. The smallest absolute Gasteiger partial charge is 0.317 e. The topological polar surface area (TPSA) is 74.5 Å². The van der Waals surface area contributed by atoms with Crippen LogP contribution < -0.4 is 5.32 Å². The average Bonchev–Trinajstić information content (AvgIpc) is 3.24. The lowest BCUT2D eigenvalue weighted by molar-refractivity contribution is 0.126. The highest BCUT2D eigenvalue weighted by atomic mass is 16.5. The molecule has 7 nitrogen and oxygen atoms in total. The van der Waals surface area contributed by atoms with Crippen molar-refractivity contribution in [3.63, 3.8) is 0 Å². The fourth-order valence-corrected chi connectivity index (χ4v) is 4.31. The third-order valence-electron chi connectivity index (χ3n) is 6.26. The molecule has 1 unspecified atom stereocenters. The third kappa shape index (κ3) is 4.32.